The zero-order valence-corrected chi connectivity index (χ0v) is 15.1. The lowest BCUT2D eigenvalue weighted by atomic mass is 10.2. The second kappa shape index (κ2) is 8.43. The molecule has 120 valence electrons. The van der Waals surface area contributed by atoms with E-state index in [1.807, 2.05) is 6.92 Å². The molecule has 1 aromatic rings. The number of hydrogen-bond donors (Lipinski definition) is 0. The van der Waals surface area contributed by atoms with Crippen LogP contribution in [0.1, 0.15) is 19.4 Å². The molecule has 1 rings (SSSR count). The van der Waals surface area contributed by atoms with Crippen LogP contribution in [0, 0.1) is 5.82 Å². The summed E-state index contributed by atoms with van der Waals surface area (Å²) in [6.07, 6.45) is 0. The topological polar surface area (TPSA) is 46.6 Å². The Morgan fingerprint density at radius 1 is 1.38 bits per heavy atom. The predicted octanol–water partition coefficient (Wildman–Crippen LogP) is 3.37. The Labute approximate surface area is 138 Å². The van der Waals surface area contributed by atoms with Crippen LogP contribution >= 0.6 is 27.5 Å². The van der Waals surface area contributed by atoms with Crippen molar-refractivity contribution in [3.63, 3.8) is 0 Å². The molecule has 8 heteroatoms. The van der Waals surface area contributed by atoms with E-state index in [2.05, 4.69) is 15.9 Å². The van der Waals surface area contributed by atoms with Crippen LogP contribution in [0.25, 0.3) is 0 Å². The summed E-state index contributed by atoms with van der Waals surface area (Å²) in [5.74, 6) is -0.901. The van der Waals surface area contributed by atoms with Gasteiger partial charge in [-0.3, -0.25) is 0 Å². The van der Waals surface area contributed by atoms with E-state index < -0.39 is 15.8 Å². The minimum Gasteiger partial charge on any atom is -0.380 e. The number of hydrogen-bond acceptors (Lipinski definition) is 3. The molecule has 0 bridgehead atoms. The van der Waals surface area contributed by atoms with Gasteiger partial charge in [-0.25, -0.2) is 12.8 Å². The smallest absolute Gasteiger partial charge is 0.246 e. The monoisotopic (exact) mass is 401 g/mol. The minimum absolute atomic E-state index is 0.0983. The summed E-state index contributed by atoms with van der Waals surface area (Å²) in [6.45, 7) is 4.69. The zero-order valence-electron chi connectivity index (χ0n) is 11.9. The summed E-state index contributed by atoms with van der Waals surface area (Å²) in [5, 5.41) is 0. The molecule has 0 aliphatic heterocycles. The van der Waals surface area contributed by atoms with Crippen LogP contribution in [0.2, 0.25) is 0 Å². The van der Waals surface area contributed by atoms with Gasteiger partial charge in [-0.2, -0.15) is 4.31 Å². The van der Waals surface area contributed by atoms with E-state index in [-0.39, 0.29) is 36.0 Å². The van der Waals surface area contributed by atoms with E-state index in [4.69, 9.17) is 16.3 Å². The number of rotatable bonds is 8. The fourth-order valence-corrected chi connectivity index (χ4v) is 4.22. The van der Waals surface area contributed by atoms with Crippen molar-refractivity contribution < 1.29 is 17.5 Å². The molecular weight excluding hydrogens is 385 g/mol. The first-order valence-corrected chi connectivity index (χ1v) is 9.27. The van der Waals surface area contributed by atoms with Crippen LogP contribution < -0.4 is 0 Å². The minimum atomic E-state index is -3.93. The third-order valence-electron chi connectivity index (χ3n) is 2.88. The zero-order chi connectivity index (χ0) is 16.0. The first-order chi connectivity index (χ1) is 9.88. The normalized spacial score (nSPS) is 12.1. The average molecular weight is 403 g/mol. The van der Waals surface area contributed by atoms with Gasteiger partial charge in [0.15, 0.2) is 0 Å². The fraction of sp³-hybridized carbons (Fsp3) is 0.538. The molecule has 0 amide bonds. The maximum absolute atomic E-state index is 14.3. The van der Waals surface area contributed by atoms with Crippen molar-refractivity contribution in [3.8, 4) is 0 Å². The Bertz CT molecular complexity index is 583. The summed E-state index contributed by atoms with van der Waals surface area (Å²) >= 11 is 8.84. The van der Waals surface area contributed by atoms with E-state index in [9.17, 15) is 12.8 Å². The SMILES string of the molecule is CCOCCN(CC)S(=O)(=O)c1cc(Br)cc(CCl)c1F. The second-order valence-corrected chi connectivity index (χ2v) is 7.29. The summed E-state index contributed by atoms with van der Waals surface area (Å²) in [5.41, 5.74) is 0.144. The predicted molar refractivity (Wildman–Crippen MR) is 84.6 cm³/mol. The van der Waals surface area contributed by atoms with Gasteiger partial charge in [-0.05, 0) is 19.1 Å². The van der Waals surface area contributed by atoms with Crippen molar-refractivity contribution in [2.45, 2.75) is 24.6 Å². The van der Waals surface area contributed by atoms with Crippen LogP contribution in [-0.2, 0) is 20.6 Å². The lowest BCUT2D eigenvalue weighted by molar-refractivity contribution is 0.135. The van der Waals surface area contributed by atoms with Crippen molar-refractivity contribution >= 4 is 37.6 Å². The van der Waals surface area contributed by atoms with Crippen LogP contribution in [0.15, 0.2) is 21.5 Å². The van der Waals surface area contributed by atoms with Crippen molar-refractivity contribution in [2.24, 2.45) is 0 Å². The summed E-state index contributed by atoms with van der Waals surface area (Å²) < 4.78 is 46.2. The molecule has 0 N–H and O–H groups in total. The third kappa shape index (κ3) is 4.63. The van der Waals surface area contributed by atoms with E-state index in [0.29, 0.717) is 11.1 Å². The molecule has 0 aliphatic carbocycles. The maximum Gasteiger partial charge on any atom is 0.246 e. The van der Waals surface area contributed by atoms with Crippen molar-refractivity contribution in [1.29, 1.82) is 0 Å². The van der Waals surface area contributed by atoms with Gasteiger partial charge >= 0.3 is 0 Å². The molecule has 0 aliphatic rings. The number of likely N-dealkylation sites (N-methyl/N-ethyl adjacent to an activating group) is 1. The lowest BCUT2D eigenvalue weighted by Gasteiger charge is -2.21. The first-order valence-electron chi connectivity index (χ1n) is 6.50. The Morgan fingerprint density at radius 2 is 2.05 bits per heavy atom. The second-order valence-electron chi connectivity index (χ2n) is 4.20. The lowest BCUT2D eigenvalue weighted by Crippen LogP contribution is -2.34. The number of halogens is 3. The fourth-order valence-electron chi connectivity index (χ4n) is 1.80. The molecule has 0 aromatic heterocycles. The first kappa shape index (κ1) is 18.8. The largest absolute Gasteiger partial charge is 0.380 e. The van der Waals surface area contributed by atoms with E-state index in [1.165, 1.54) is 16.4 Å². The van der Waals surface area contributed by atoms with Crippen molar-refractivity contribution in [1.82, 2.24) is 4.31 Å². The van der Waals surface area contributed by atoms with Gasteiger partial charge in [0.1, 0.15) is 10.7 Å². The number of sulfonamides is 1. The van der Waals surface area contributed by atoms with Gasteiger partial charge in [-0.15, -0.1) is 11.6 Å². The highest BCUT2D eigenvalue weighted by Crippen LogP contribution is 2.27. The summed E-state index contributed by atoms with van der Waals surface area (Å²) in [4.78, 5) is -0.370. The summed E-state index contributed by atoms with van der Waals surface area (Å²) in [7, 11) is -3.93. The molecule has 0 radical (unpaired) electrons. The van der Waals surface area contributed by atoms with Gasteiger partial charge in [-0.1, -0.05) is 22.9 Å². The molecule has 0 saturated carbocycles. The molecule has 0 spiro atoms. The van der Waals surface area contributed by atoms with Crippen LogP contribution in [0.5, 0.6) is 0 Å². The number of benzene rings is 1. The van der Waals surface area contributed by atoms with E-state index >= 15 is 0 Å². The van der Waals surface area contributed by atoms with E-state index in [1.54, 1.807) is 6.92 Å². The van der Waals surface area contributed by atoms with Crippen LogP contribution in [0.4, 0.5) is 4.39 Å². The molecule has 21 heavy (non-hydrogen) atoms. The molecule has 0 saturated heterocycles. The van der Waals surface area contributed by atoms with Gasteiger partial charge < -0.3 is 4.74 Å². The Morgan fingerprint density at radius 3 is 2.57 bits per heavy atom. The van der Waals surface area contributed by atoms with Gasteiger partial charge in [0.2, 0.25) is 10.0 Å². The quantitative estimate of drug-likeness (QED) is 0.495. The Hall–Kier alpha value is -0.210. The molecule has 0 unspecified atom stereocenters. The molecular formula is C13H18BrClFNO3S. The highest BCUT2D eigenvalue weighted by Gasteiger charge is 2.28. The van der Waals surface area contributed by atoms with Gasteiger partial charge in [0.05, 0.1) is 12.5 Å². The Kier molecular flexibility index (Phi) is 7.56. The molecule has 1 aromatic carbocycles. The molecule has 4 nitrogen and oxygen atoms in total. The summed E-state index contributed by atoms with van der Waals surface area (Å²) in [6, 6.07) is 2.72. The maximum atomic E-state index is 14.3. The van der Waals surface area contributed by atoms with E-state index in [0.717, 1.165) is 0 Å². The van der Waals surface area contributed by atoms with Gasteiger partial charge in [0.25, 0.3) is 0 Å². The van der Waals surface area contributed by atoms with Crippen molar-refractivity contribution in [3.05, 3.63) is 28.0 Å². The number of ether oxygens (including phenoxy) is 1. The highest BCUT2D eigenvalue weighted by molar-refractivity contribution is 9.10. The standard InChI is InChI=1S/C13H18BrClFNO3S/c1-3-17(5-6-20-4-2)21(18,19)12-8-11(14)7-10(9-15)13(12)16/h7-8H,3-6,9H2,1-2H3. The molecule has 0 fully saturated rings. The van der Waals surface area contributed by atoms with Crippen molar-refractivity contribution in [2.75, 3.05) is 26.3 Å². The van der Waals surface area contributed by atoms with Crippen LogP contribution in [0.3, 0.4) is 0 Å². The highest BCUT2D eigenvalue weighted by atomic mass is 79.9. The van der Waals surface area contributed by atoms with Crippen LogP contribution in [-0.4, -0.2) is 39.0 Å². The Balaban J connectivity index is 3.19. The van der Waals surface area contributed by atoms with Gasteiger partial charge in [0, 0.05) is 29.7 Å². The number of alkyl halides is 1. The molecule has 0 heterocycles. The molecule has 0 atom stereocenters. The third-order valence-corrected chi connectivity index (χ3v) is 5.60. The number of nitrogens with zero attached hydrogens (tertiary/aromatic N) is 1. The average Bonchev–Trinajstić information content (AvgIpc) is 2.45.